The summed E-state index contributed by atoms with van der Waals surface area (Å²) in [5.74, 6) is 0.0892. The van der Waals surface area contributed by atoms with Gasteiger partial charge in [-0.25, -0.2) is 0 Å². The minimum absolute atomic E-state index is 0.386. The van der Waals surface area contributed by atoms with Crippen LogP contribution in [0.2, 0.25) is 0 Å². The number of methoxy groups -OCH3 is 1. The van der Waals surface area contributed by atoms with Gasteiger partial charge in [0.15, 0.2) is 0 Å². The summed E-state index contributed by atoms with van der Waals surface area (Å²) in [6.07, 6.45) is -4.35. The zero-order valence-corrected chi connectivity index (χ0v) is 12.0. The second kappa shape index (κ2) is 5.55. The van der Waals surface area contributed by atoms with Gasteiger partial charge >= 0.3 is 0 Å². The molecule has 0 aliphatic carbocycles. The molecule has 116 valence electrons. The van der Waals surface area contributed by atoms with E-state index in [1.165, 1.54) is 0 Å². The summed E-state index contributed by atoms with van der Waals surface area (Å²) < 4.78 is 16.9. The first kappa shape index (κ1) is 14.7. The van der Waals surface area contributed by atoms with Crippen LogP contribution in [0.25, 0.3) is 0 Å². The monoisotopic (exact) mass is 296 g/mol. The Morgan fingerprint density at radius 2 is 2.00 bits per heavy atom. The highest BCUT2D eigenvalue weighted by Gasteiger charge is 2.52. The van der Waals surface area contributed by atoms with Crippen molar-refractivity contribution in [3.63, 3.8) is 0 Å². The molecule has 2 aliphatic rings. The number of aliphatic hydroxyl groups is 3. The van der Waals surface area contributed by atoms with Gasteiger partial charge in [0.25, 0.3) is 0 Å². The van der Waals surface area contributed by atoms with Crippen molar-refractivity contribution >= 4 is 0 Å². The minimum Gasteiger partial charge on any atom is -0.464 e. The van der Waals surface area contributed by atoms with E-state index < -0.39 is 36.6 Å². The molecule has 21 heavy (non-hydrogen) atoms. The van der Waals surface area contributed by atoms with Crippen molar-refractivity contribution in [1.29, 1.82) is 0 Å². The third-order valence-electron chi connectivity index (χ3n) is 4.25. The average molecular weight is 296 g/mol. The van der Waals surface area contributed by atoms with E-state index in [0.717, 1.165) is 11.1 Å². The van der Waals surface area contributed by atoms with Crippen LogP contribution in [0.5, 0.6) is 5.75 Å². The molecule has 6 unspecified atom stereocenters. The number of benzene rings is 1. The lowest BCUT2D eigenvalue weighted by molar-refractivity contribution is -0.285. The van der Waals surface area contributed by atoms with Crippen LogP contribution in [-0.2, 0) is 9.47 Å². The molecule has 0 spiro atoms. The first-order valence-electron chi connectivity index (χ1n) is 6.99. The number of hydrogen-bond donors (Lipinski definition) is 3. The average Bonchev–Trinajstić information content (AvgIpc) is 2.48. The Morgan fingerprint density at radius 3 is 2.67 bits per heavy atom. The lowest BCUT2D eigenvalue weighted by Crippen LogP contribution is -2.60. The van der Waals surface area contributed by atoms with E-state index in [0.29, 0.717) is 5.75 Å². The Kier molecular flexibility index (Phi) is 3.90. The van der Waals surface area contributed by atoms with Gasteiger partial charge in [0.1, 0.15) is 18.0 Å². The number of ether oxygens (including phenoxy) is 3. The number of aliphatic hydroxyl groups excluding tert-OH is 3. The van der Waals surface area contributed by atoms with Crippen LogP contribution in [0.1, 0.15) is 17.2 Å². The molecule has 0 bridgehead atoms. The van der Waals surface area contributed by atoms with Gasteiger partial charge in [-0.1, -0.05) is 12.1 Å². The van der Waals surface area contributed by atoms with Crippen LogP contribution in [0.3, 0.4) is 0 Å². The maximum Gasteiger partial charge on any atom is 0.208 e. The van der Waals surface area contributed by atoms with Crippen LogP contribution in [0.4, 0.5) is 0 Å². The molecule has 0 saturated carbocycles. The zero-order valence-electron chi connectivity index (χ0n) is 12.0. The van der Waals surface area contributed by atoms with Crippen molar-refractivity contribution < 1.29 is 29.5 Å². The lowest BCUT2D eigenvalue weighted by atomic mass is 9.82. The summed E-state index contributed by atoms with van der Waals surface area (Å²) in [6.45, 7) is 1.57. The van der Waals surface area contributed by atoms with Crippen molar-refractivity contribution in [3.05, 3.63) is 29.3 Å². The van der Waals surface area contributed by atoms with Gasteiger partial charge in [-0.15, -0.1) is 0 Å². The van der Waals surface area contributed by atoms with E-state index in [1.54, 1.807) is 7.11 Å². The SMILES string of the molecule is COC1c2ccc(C)cc2OC2OC(CO)C(O)C(O)C21. The third-order valence-corrected chi connectivity index (χ3v) is 4.25. The second-order valence-electron chi connectivity index (χ2n) is 5.60. The van der Waals surface area contributed by atoms with Gasteiger partial charge in [0.05, 0.1) is 24.7 Å². The predicted molar refractivity (Wildman–Crippen MR) is 72.8 cm³/mol. The van der Waals surface area contributed by atoms with Crippen LogP contribution in [0, 0.1) is 12.8 Å². The van der Waals surface area contributed by atoms with E-state index in [1.807, 2.05) is 25.1 Å². The number of fused-ring (bicyclic) bond motifs is 2. The lowest BCUT2D eigenvalue weighted by Gasteiger charge is -2.47. The topological polar surface area (TPSA) is 88.4 Å². The van der Waals surface area contributed by atoms with Gasteiger partial charge in [0, 0.05) is 12.7 Å². The largest absolute Gasteiger partial charge is 0.464 e. The molecule has 1 aromatic carbocycles. The molecule has 6 nitrogen and oxygen atoms in total. The highest BCUT2D eigenvalue weighted by Crippen LogP contribution is 2.45. The summed E-state index contributed by atoms with van der Waals surface area (Å²) in [5.41, 5.74) is 1.86. The highest BCUT2D eigenvalue weighted by atomic mass is 16.7. The van der Waals surface area contributed by atoms with Crippen molar-refractivity contribution in [2.24, 2.45) is 5.92 Å². The number of rotatable bonds is 2. The van der Waals surface area contributed by atoms with Crippen LogP contribution in [0.15, 0.2) is 18.2 Å². The van der Waals surface area contributed by atoms with E-state index in [-0.39, 0.29) is 6.61 Å². The zero-order chi connectivity index (χ0) is 15.1. The molecule has 3 rings (SSSR count). The molecular weight excluding hydrogens is 276 g/mol. The number of hydrogen-bond acceptors (Lipinski definition) is 6. The van der Waals surface area contributed by atoms with Gasteiger partial charge in [0.2, 0.25) is 6.29 Å². The molecule has 0 radical (unpaired) electrons. The Labute approximate surface area is 122 Å². The van der Waals surface area contributed by atoms with Gasteiger partial charge in [-0.2, -0.15) is 0 Å². The molecular formula is C15H20O6. The molecule has 0 amide bonds. The fourth-order valence-electron chi connectivity index (χ4n) is 3.13. The Bertz CT molecular complexity index is 519. The Morgan fingerprint density at radius 1 is 1.24 bits per heavy atom. The van der Waals surface area contributed by atoms with Crippen molar-refractivity contribution in [1.82, 2.24) is 0 Å². The van der Waals surface area contributed by atoms with Crippen molar-refractivity contribution in [3.8, 4) is 5.75 Å². The minimum atomic E-state index is -1.18. The second-order valence-corrected chi connectivity index (χ2v) is 5.60. The fraction of sp³-hybridized carbons (Fsp3) is 0.600. The van der Waals surface area contributed by atoms with E-state index in [9.17, 15) is 15.3 Å². The van der Waals surface area contributed by atoms with Crippen LogP contribution >= 0.6 is 0 Å². The molecule has 1 fully saturated rings. The third kappa shape index (κ3) is 2.33. The van der Waals surface area contributed by atoms with E-state index in [4.69, 9.17) is 14.2 Å². The Balaban J connectivity index is 2.00. The molecule has 1 saturated heterocycles. The fourth-order valence-corrected chi connectivity index (χ4v) is 3.13. The summed E-state index contributed by atoms with van der Waals surface area (Å²) in [5, 5.41) is 29.6. The molecule has 3 N–H and O–H groups in total. The first-order valence-corrected chi connectivity index (χ1v) is 6.99. The number of aryl methyl sites for hydroxylation is 1. The Hall–Kier alpha value is -1.18. The standard InChI is InChI=1S/C15H20O6/c1-7-3-4-8-9(5-7)20-15-11(14(8)19-2)13(18)12(17)10(6-16)21-15/h3-5,10-18H,6H2,1-2H3. The maximum absolute atomic E-state index is 10.4. The van der Waals surface area contributed by atoms with E-state index in [2.05, 4.69) is 0 Å². The quantitative estimate of drug-likeness (QED) is 0.719. The summed E-state index contributed by atoms with van der Waals surface area (Å²) in [4.78, 5) is 0. The molecule has 1 aromatic rings. The van der Waals surface area contributed by atoms with E-state index >= 15 is 0 Å². The highest BCUT2D eigenvalue weighted by molar-refractivity contribution is 5.41. The van der Waals surface area contributed by atoms with Gasteiger partial charge < -0.3 is 29.5 Å². The predicted octanol–water partition coefficient (Wildman–Crippen LogP) is 0.130. The summed E-state index contributed by atoms with van der Waals surface area (Å²) in [7, 11) is 1.55. The maximum atomic E-state index is 10.4. The molecule has 0 aromatic heterocycles. The van der Waals surface area contributed by atoms with Gasteiger partial charge in [-0.05, 0) is 18.6 Å². The molecule has 2 heterocycles. The normalized spacial score (nSPS) is 38.3. The van der Waals surface area contributed by atoms with Crippen LogP contribution < -0.4 is 4.74 Å². The summed E-state index contributed by atoms with van der Waals surface area (Å²) >= 11 is 0. The van der Waals surface area contributed by atoms with Crippen molar-refractivity contribution in [2.45, 2.75) is 37.6 Å². The molecule has 6 heteroatoms. The summed E-state index contributed by atoms with van der Waals surface area (Å²) in [6, 6.07) is 5.72. The first-order chi connectivity index (χ1) is 10.1. The van der Waals surface area contributed by atoms with Gasteiger partial charge in [-0.3, -0.25) is 0 Å². The van der Waals surface area contributed by atoms with Crippen molar-refractivity contribution in [2.75, 3.05) is 13.7 Å². The smallest absolute Gasteiger partial charge is 0.208 e. The molecule has 2 aliphatic heterocycles. The van der Waals surface area contributed by atoms with Crippen LogP contribution in [-0.4, -0.2) is 53.6 Å². The molecule has 6 atom stereocenters.